The molecule has 0 heterocycles. The van der Waals surface area contributed by atoms with Crippen LogP contribution in [0.1, 0.15) is 12.5 Å². The Morgan fingerprint density at radius 1 is 1.47 bits per heavy atom. The van der Waals surface area contributed by atoms with Gasteiger partial charge in [0.2, 0.25) is 0 Å². The SMILES string of the molecule is Cc1cccc(OC(C)OCC#CI)c1. The second kappa shape index (κ2) is 6.70. The molecule has 0 N–H and O–H groups in total. The summed E-state index contributed by atoms with van der Waals surface area (Å²) >= 11 is 1.98. The summed E-state index contributed by atoms with van der Waals surface area (Å²) in [6.45, 7) is 4.28. The Morgan fingerprint density at radius 2 is 2.27 bits per heavy atom. The van der Waals surface area contributed by atoms with Gasteiger partial charge in [0.25, 0.3) is 0 Å². The van der Waals surface area contributed by atoms with Gasteiger partial charge >= 0.3 is 0 Å². The average molecular weight is 316 g/mol. The lowest BCUT2D eigenvalue weighted by molar-refractivity contribution is -0.0527. The zero-order valence-electron chi connectivity index (χ0n) is 8.79. The summed E-state index contributed by atoms with van der Waals surface area (Å²) in [5.74, 6) is 3.63. The summed E-state index contributed by atoms with van der Waals surface area (Å²) in [4.78, 5) is 0. The van der Waals surface area contributed by atoms with Gasteiger partial charge in [0, 0.05) is 22.6 Å². The van der Waals surface area contributed by atoms with Gasteiger partial charge in [-0.2, -0.15) is 0 Å². The molecule has 1 aromatic carbocycles. The van der Waals surface area contributed by atoms with Crippen LogP contribution >= 0.6 is 22.6 Å². The number of benzene rings is 1. The lowest BCUT2D eigenvalue weighted by Crippen LogP contribution is -2.16. The van der Waals surface area contributed by atoms with Crippen LogP contribution in [0.5, 0.6) is 5.75 Å². The smallest absolute Gasteiger partial charge is 0.198 e. The fraction of sp³-hybridized carbons (Fsp3) is 0.333. The second-order valence-corrected chi connectivity index (χ2v) is 3.62. The maximum Gasteiger partial charge on any atom is 0.198 e. The fourth-order valence-corrected chi connectivity index (χ4v) is 1.26. The summed E-state index contributed by atoms with van der Waals surface area (Å²) in [6, 6.07) is 7.88. The van der Waals surface area contributed by atoms with Crippen LogP contribution in [0.2, 0.25) is 0 Å². The van der Waals surface area contributed by atoms with Crippen molar-refractivity contribution in [1.82, 2.24) is 0 Å². The van der Waals surface area contributed by atoms with Crippen LogP contribution < -0.4 is 4.74 Å². The number of halogens is 1. The largest absolute Gasteiger partial charge is 0.465 e. The Hall–Kier alpha value is -0.730. The van der Waals surface area contributed by atoms with E-state index in [4.69, 9.17) is 9.47 Å². The van der Waals surface area contributed by atoms with E-state index >= 15 is 0 Å². The minimum Gasteiger partial charge on any atom is -0.465 e. The first-order valence-corrected chi connectivity index (χ1v) is 5.73. The van der Waals surface area contributed by atoms with Crippen molar-refractivity contribution < 1.29 is 9.47 Å². The van der Waals surface area contributed by atoms with Crippen molar-refractivity contribution in [2.75, 3.05) is 6.61 Å². The molecule has 0 aliphatic heterocycles. The highest BCUT2D eigenvalue weighted by molar-refractivity contribution is 14.1. The van der Waals surface area contributed by atoms with Crippen molar-refractivity contribution in [3.63, 3.8) is 0 Å². The highest BCUT2D eigenvalue weighted by Crippen LogP contribution is 2.14. The fourth-order valence-electron chi connectivity index (χ4n) is 1.10. The normalized spacial score (nSPS) is 11.4. The first-order valence-electron chi connectivity index (χ1n) is 4.66. The van der Waals surface area contributed by atoms with E-state index in [1.54, 1.807) is 0 Å². The van der Waals surface area contributed by atoms with Crippen molar-refractivity contribution in [2.24, 2.45) is 0 Å². The quantitative estimate of drug-likeness (QED) is 0.483. The molecular weight excluding hydrogens is 303 g/mol. The molecule has 2 nitrogen and oxygen atoms in total. The summed E-state index contributed by atoms with van der Waals surface area (Å²) < 4.78 is 13.6. The van der Waals surface area contributed by atoms with Gasteiger partial charge in [0.15, 0.2) is 6.29 Å². The molecule has 0 fully saturated rings. The predicted molar refractivity (Wildman–Crippen MR) is 69.0 cm³/mol. The lowest BCUT2D eigenvalue weighted by atomic mass is 10.2. The number of ether oxygens (including phenoxy) is 2. The first-order chi connectivity index (χ1) is 7.22. The van der Waals surface area contributed by atoms with E-state index in [1.165, 1.54) is 5.56 Å². The molecule has 0 aliphatic rings. The Labute approximate surface area is 104 Å². The van der Waals surface area contributed by atoms with Crippen LogP contribution in [-0.4, -0.2) is 12.9 Å². The molecule has 1 atom stereocenters. The molecule has 3 heteroatoms. The maximum absolute atomic E-state index is 5.55. The van der Waals surface area contributed by atoms with E-state index in [-0.39, 0.29) is 6.29 Å². The molecule has 15 heavy (non-hydrogen) atoms. The third-order valence-electron chi connectivity index (χ3n) is 1.75. The predicted octanol–water partition coefficient (Wildman–Crippen LogP) is 3.13. The Bertz CT molecular complexity index is 365. The monoisotopic (exact) mass is 316 g/mol. The van der Waals surface area contributed by atoms with Gasteiger partial charge in [-0.3, -0.25) is 0 Å². The van der Waals surface area contributed by atoms with Crippen molar-refractivity contribution >= 4 is 22.6 Å². The molecule has 80 valence electrons. The second-order valence-electron chi connectivity index (χ2n) is 3.08. The van der Waals surface area contributed by atoms with Crippen LogP contribution in [0.15, 0.2) is 24.3 Å². The van der Waals surface area contributed by atoms with Gasteiger partial charge in [-0.25, -0.2) is 0 Å². The third kappa shape index (κ3) is 5.05. The van der Waals surface area contributed by atoms with Gasteiger partial charge in [0.1, 0.15) is 12.4 Å². The van der Waals surface area contributed by atoms with E-state index in [0.717, 1.165) is 5.75 Å². The molecule has 0 aliphatic carbocycles. The van der Waals surface area contributed by atoms with Crippen molar-refractivity contribution in [1.29, 1.82) is 0 Å². The van der Waals surface area contributed by atoms with Gasteiger partial charge < -0.3 is 9.47 Å². The van der Waals surface area contributed by atoms with E-state index in [0.29, 0.717) is 6.61 Å². The summed E-state index contributed by atoms with van der Waals surface area (Å²) in [5.41, 5.74) is 1.17. The van der Waals surface area contributed by atoms with Crippen LogP contribution in [0.3, 0.4) is 0 Å². The number of rotatable bonds is 4. The van der Waals surface area contributed by atoms with Crippen molar-refractivity contribution in [2.45, 2.75) is 20.1 Å². The highest BCUT2D eigenvalue weighted by atomic mass is 127. The third-order valence-corrected chi connectivity index (χ3v) is 2.13. The molecule has 0 spiro atoms. The molecule has 0 saturated carbocycles. The van der Waals surface area contributed by atoms with Gasteiger partial charge in [-0.15, -0.1) is 0 Å². The van der Waals surface area contributed by atoms with Crippen molar-refractivity contribution in [3.8, 4) is 15.6 Å². The molecule has 0 bridgehead atoms. The average Bonchev–Trinajstić information content (AvgIpc) is 2.18. The Balaban J connectivity index is 2.42. The summed E-state index contributed by atoms with van der Waals surface area (Å²) in [7, 11) is 0. The minimum atomic E-state index is -0.274. The first kappa shape index (κ1) is 12.3. The van der Waals surface area contributed by atoms with E-state index < -0.39 is 0 Å². The Morgan fingerprint density at radius 3 is 2.93 bits per heavy atom. The van der Waals surface area contributed by atoms with Crippen LogP contribution in [-0.2, 0) is 4.74 Å². The molecule has 0 saturated heterocycles. The zero-order valence-corrected chi connectivity index (χ0v) is 10.9. The highest BCUT2D eigenvalue weighted by Gasteiger charge is 2.02. The van der Waals surface area contributed by atoms with E-state index in [2.05, 4.69) is 9.85 Å². The van der Waals surface area contributed by atoms with Gasteiger partial charge in [-0.05, 0) is 35.5 Å². The maximum atomic E-state index is 5.55. The Kier molecular flexibility index (Phi) is 5.51. The molecular formula is C12H13IO2. The van der Waals surface area contributed by atoms with Crippen molar-refractivity contribution in [3.05, 3.63) is 29.8 Å². The summed E-state index contributed by atoms with van der Waals surface area (Å²) in [6.07, 6.45) is -0.274. The molecule has 1 aromatic rings. The minimum absolute atomic E-state index is 0.274. The van der Waals surface area contributed by atoms with E-state index in [1.807, 2.05) is 60.7 Å². The molecule has 0 radical (unpaired) electrons. The lowest BCUT2D eigenvalue weighted by Gasteiger charge is -2.13. The van der Waals surface area contributed by atoms with Crippen LogP contribution in [0, 0.1) is 16.8 Å². The van der Waals surface area contributed by atoms with E-state index in [9.17, 15) is 0 Å². The van der Waals surface area contributed by atoms with Crippen LogP contribution in [0.4, 0.5) is 0 Å². The molecule has 1 unspecified atom stereocenters. The van der Waals surface area contributed by atoms with Crippen LogP contribution in [0.25, 0.3) is 0 Å². The molecule has 0 amide bonds. The topological polar surface area (TPSA) is 18.5 Å². The van der Waals surface area contributed by atoms with Gasteiger partial charge in [-0.1, -0.05) is 18.1 Å². The zero-order chi connectivity index (χ0) is 11.1. The number of hydrogen-bond donors (Lipinski definition) is 0. The molecule has 1 rings (SSSR count). The van der Waals surface area contributed by atoms with Gasteiger partial charge in [0.05, 0.1) is 0 Å². The molecule has 0 aromatic heterocycles. The summed E-state index contributed by atoms with van der Waals surface area (Å²) in [5, 5.41) is 0. The standard InChI is InChI=1S/C12H13IO2/c1-10-5-3-6-12(9-10)15-11(2)14-8-4-7-13/h3,5-6,9,11H,8H2,1-2H3. The number of hydrogen-bond acceptors (Lipinski definition) is 2. The number of aryl methyl sites for hydroxylation is 1.